The number of nitrogens with one attached hydrogen (secondary N) is 1. The molecule has 0 atom stereocenters. The number of halogens is 1. The van der Waals surface area contributed by atoms with Gasteiger partial charge in [0.25, 0.3) is 0 Å². The normalized spacial score (nSPS) is 14.0. The molecule has 328 valence electrons. The van der Waals surface area contributed by atoms with Crippen molar-refractivity contribution in [1.82, 2.24) is 29.6 Å². The van der Waals surface area contributed by atoms with Gasteiger partial charge in [-0.3, -0.25) is 14.9 Å². The molecule has 2 saturated heterocycles. The molecule has 6 rings (SSSR count). The minimum atomic E-state index is -0.439. The molecule has 61 heavy (non-hydrogen) atoms. The summed E-state index contributed by atoms with van der Waals surface area (Å²) in [4.78, 5) is 66.5. The first-order valence-electron chi connectivity index (χ1n) is 20.0. The summed E-state index contributed by atoms with van der Waals surface area (Å²) in [6, 6.07) is 21.5. The largest absolute Gasteiger partial charge is 0.497 e. The van der Waals surface area contributed by atoms with Gasteiger partial charge in [-0.25, -0.2) is 19.2 Å². The number of ether oxygens (including phenoxy) is 4. The number of aromatic nitrogens is 2. The summed E-state index contributed by atoms with van der Waals surface area (Å²) in [5.41, 5.74) is 3.98. The molecule has 4 aromatic rings. The van der Waals surface area contributed by atoms with Crippen molar-refractivity contribution in [3.63, 3.8) is 0 Å². The molecular weight excluding hydrogens is 848 g/mol. The first-order valence-corrected chi connectivity index (χ1v) is 21.2. The fourth-order valence-electron chi connectivity index (χ4n) is 6.26. The van der Waals surface area contributed by atoms with E-state index in [-0.39, 0.29) is 18.0 Å². The summed E-state index contributed by atoms with van der Waals surface area (Å²) < 4.78 is 19.6. The van der Waals surface area contributed by atoms with E-state index in [1.807, 2.05) is 58.3 Å². The van der Waals surface area contributed by atoms with Gasteiger partial charge in [-0.15, -0.1) is 0 Å². The molecule has 0 saturated carbocycles. The SMILES string of the molecule is CCN1CCN(C(=O)N(Cc2ccc(C(=O)OC)cn2)c2ccc(OC)cc2)CC1.CCN1CCN(C(=O)Nc2ccc(OC)cc2)CC1.COC(=O)c1ccc(CBr)nc1. The Kier molecular flexibility index (Phi) is 19.7. The van der Waals surface area contributed by atoms with E-state index >= 15 is 0 Å². The molecule has 0 unspecified atom stereocenters. The van der Waals surface area contributed by atoms with Crippen molar-refractivity contribution in [2.24, 2.45) is 0 Å². The molecule has 0 spiro atoms. The number of urea groups is 2. The second kappa shape index (κ2) is 25.1. The summed E-state index contributed by atoms with van der Waals surface area (Å²) in [6.45, 7) is 13.2. The van der Waals surface area contributed by atoms with E-state index in [1.165, 1.54) is 26.6 Å². The number of hydrogen-bond donors (Lipinski definition) is 1. The Labute approximate surface area is 366 Å². The number of amides is 4. The van der Waals surface area contributed by atoms with Crippen molar-refractivity contribution in [1.29, 1.82) is 0 Å². The zero-order valence-electron chi connectivity index (χ0n) is 35.8. The number of esters is 2. The van der Waals surface area contributed by atoms with Gasteiger partial charge < -0.3 is 43.9 Å². The molecule has 2 fully saturated rings. The number of anilines is 2. The lowest BCUT2D eigenvalue weighted by molar-refractivity contribution is 0.0591. The molecule has 17 heteroatoms. The van der Waals surface area contributed by atoms with Crippen LogP contribution < -0.4 is 19.7 Å². The van der Waals surface area contributed by atoms with Crippen LogP contribution in [-0.2, 0) is 21.3 Å². The standard InChI is InChI=1S/C22H28N4O4.C14H21N3O2.C8H8BrNO2/c1-4-24-11-13-25(14-12-24)22(28)26(19-7-9-20(29-2)10-8-19)16-18-6-5-17(15-23-18)21(27)30-3;1-3-16-8-10-17(11-9-16)14(18)15-12-4-6-13(19-2)7-5-12;1-12-8(11)6-2-3-7(4-9)10-5-6/h5-10,15H,4,11-14,16H2,1-3H3;4-7H,3,8-11H2,1-2H3,(H,15,18);2-3,5H,4H2,1H3. The Hall–Kier alpha value is -5.78. The smallest absolute Gasteiger partial charge is 0.339 e. The lowest BCUT2D eigenvalue weighted by Gasteiger charge is -2.37. The van der Waals surface area contributed by atoms with Gasteiger partial charge in [0.2, 0.25) is 0 Å². The number of piperazine rings is 2. The van der Waals surface area contributed by atoms with Crippen molar-refractivity contribution < 1.29 is 38.1 Å². The summed E-state index contributed by atoms with van der Waals surface area (Å²) in [6.07, 6.45) is 2.97. The number of benzene rings is 2. The Morgan fingerprint density at radius 1 is 0.623 bits per heavy atom. The molecule has 2 aliphatic heterocycles. The Morgan fingerprint density at radius 3 is 1.49 bits per heavy atom. The minimum Gasteiger partial charge on any atom is -0.497 e. The number of methoxy groups -OCH3 is 4. The molecule has 1 N–H and O–H groups in total. The third-order valence-electron chi connectivity index (χ3n) is 10.1. The number of nitrogens with zero attached hydrogens (tertiary/aromatic N) is 7. The van der Waals surface area contributed by atoms with Crippen LogP contribution in [0, 0.1) is 0 Å². The number of rotatable bonds is 11. The van der Waals surface area contributed by atoms with Crippen molar-refractivity contribution in [2.45, 2.75) is 25.7 Å². The van der Waals surface area contributed by atoms with E-state index in [0.717, 1.165) is 80.9 Å². The van der Waals surface area contributed by atoms with Crippen LogP contribution >= 0.6 is 15.9 Å². The highest BCUT2D eigenvalue weighted by atomic mass is 79.9. The highest BCUT2D eigenvalue weighted by Gasteiger charge is 2.27. The summed E-state index contributed by atoms with van der Waals surface area (Å²) in [5.74, 6) is 0.715. The number of pyridine rings is 2. The molecule has 2 aromatic heterocycles. The van der Waals surface area contributed by atoms with Gasteiger partial charge in [0, 0.05) is 81.5 Å². The van der Waals surface area contributed by atoms with E-state index in [2.05, 4.69) is 59.6 Å². The monoisotopic (exact) mass is 904 g/mol. The zero-order valence-corrected chi connectivity index (χ0v) is 37.4. The highest BCUT2D eigenvalue weighted by Crippen LogP contribution is 2.23. The predicted octanol–water partition coefficient (Wildman–Crippen LogP) is 6.27. The van der Waals surface area contributed by atoms with Crippen LogP contribution in [0.5, 0.6) is 11.5 Å². The van der Waals surface area contributed by atoms with Gasteiger partial charge in [-0.2, -0.15) is 0 Å². The van der Waals surface area contributed by atoms with Gasteiger partial charge in [-0.1, -0.05) is 29.8 Å². The third-order valence-corrected chi connectivity index (χ3v) is 10.7. The average Bonchev–Trinajstić information content (AvgIpc) is 3.33. The van der Waals surface area contributed by atoms with Crippen LogP contribution in [-0.4, -0.2) is 147 Å². The number of carbonyl (C=O) groups is 4. The van der Waals surface area contributed by atoms with E-state index < -0.39 is 5.97 Å². The van der Waals surface area contributed by atoms with E-state index in [4.69, 9.17) is 14.2 Å². The van der Waals surface area contributed by atoms with Crippen molar-refractivity contribution in [3.8, 4) is 11.5 Å². The maximum atomic E-state index is 13.4. The minimum absolute atomic E-state index is 0.0269. The predicted molar refractivity (Wildman–Crippen MR) is 238 cm³/mol. The quantitative estimate of drug-likeness (QED) is 0.133. The number of hydrogen-bond acceptors (Lipinski definition) is 12. The lowest BCUT2D eigenvalue weighted by atomic mass is 10.2. The molecule has 2 aliphatic rings. The molecule has 0 radical (unpaired) electrons. The molecule has 4 heterocycles. The summed E-state index contributed by atoms with van der Waals surface area (Å²) in [7, 11) is 5.91. The van der Waals surface area contributed by atoms with E-state index in [9.17, 15) is 19.2 Å². The van der Waals surface area contributed by atoms with Gasteiger partial charge in [0.15, 0.2) is 0 Å². The van der Waals surface area contributed by atoms with Gasteiger partial charge >= 0.3 is 24.0 Å². The summed E-state index contributed by atoms with van der Waals surface area (Å²) in [5, 5.41) is 3.60. The number of likely N-dealkylation sites (N-methyl/N-ethyl adjacent to an activating group) is 2. The number of carbonyl (C=O) groups excluding carboxylic acids is 4. The van der Waals surface area contributed by atoms with E-state index in [0.29, 0.717) is 41.8 Å². The molecular formula is C44H57BrN8O8. The van der Waals surface area contributed by atoms with Crippen molar-refractivity contribution in [2.75, 3.05) is 104 Å². The molecule has 16 nitrogen and oxygen atoms in total. The third kappa shape index (κ3) is 14.7. The lowest BCUT2D eigenvalue weighted by Crippen LogP contribution is -2.52. The fraction of sp³-hybridized carbons (Fsp3) is 0.409. The van der Waals surface area contributed by atoms with Crippen LogP contribution in [0.25, 0.3) is 0 Å². The Morgan fingerprint density at radius 2 is 1.08 bits per heavy atom. The van der Waals surface area contributed by atoms with Crippen LogP contribution in [0.2, 0.25) is 0 Å². The van der Waals surface area contributed by atoms with Crippen molar-refractivity contribution >= 4 is 51.3 Å². The van der Waals surface area contributed by atoms with Gasteiger partial charge in [0.05, 0.1) is 57.5 Å². The average molecular weight is 906 g/mol. The van der Waals surface area contributed by atoms with E-state index in [1.54, 1.807) is 43.4 Å². The zero-order chi connectivity index (χ0) is 44.1. The fourth-order valence-corrected chi connectivity index (χ4v) is 6.59. The maximum Gasteiger partial charge on any atom is 0.339 e. The molecule has 0 aliphatic carbocycles. The topological polar surface area (TPSA) is 159 Å². The van der Waals surface area contributed by atoms with Crippen LogP contribution in [0.4, 0.5) is 21.0 Å². The Balaban J connectivity index is 0.000000224. The van der Waals surface area contributed by atoms with Crippen LogP contribution in [0.3, 0.4) is 0 Å². The molecule has 2 aromatic carbocycles. The van der Waals surface area contributed by atoms with Crippen LogP contribution in [0.1, 0.15) is 46.0 Å². The molecule has 0 bridgehead atoms. The number of alkyl halides is 1. The first kappa shape index (κ1) is 47.9. The molecule has 4 amide bonds. The van der Waals surface area contributed by atoms with Crippen LogP contribution in [0.15, 0.2) is 85.2 Å². The Bertz CT molecular complexity index is 1960. The first-order chi connectivity index (χ1) is 29.5. The second-order valence-electron chi connectivity index (χ2n) is 13.8. The summed E-state index contributed by atoms with van der Waals surface area (Å²) >= 11 is 3.26. The van der Waals surface area contributed by atoms with Gasteiger partial charge in [-0.05, 0) is 85.9 Å². The second-order valence-corrected chi connectivity index (χ2v) is 14.3. The van der Waals surface area contributed by atoms with Crippen molar-refractivity contribution in [3.05, 3.63) is 108 Å². The maximum absolute atomic E-state index is 13.4. The van der Waals surface area contributed by atoms with Gasteiger partial charge in [0.1, 0.15) is 11.5 Å². The highest BCUT2D eigenvalue weighted by molar-refractivity contribution is 9.08.